The van der Waals surface area contributed by atoms with Gasteiger partial charge >= 0.3 is 6.18 Å². The standard InChI is InChI=1S/C23H26F3N5O/c24-23(25,26)16-2-1-9-31(13-16)20(32)14-30-10-5-15(6-11-30)17-3-7-27-19-12-29-22-18(21(17)19)4-8-28-22/h3-4,7-8,12,15-16,27H,1-2,5-6,9-11,13-14H2. The average molecular weight is 445 g/mol. The van der Waals surface area contributed by atoms with Gasteiger partial charge in [0.1, 0.15) is 0 Å². The number of nitrogens with zero attached hydrogens (tertiary/aromatic N) is 4. The fourth-order valence-electron chi connectivity index (χ4n) is 5.19. The summed E-state index contributed by atoms with van der Waals surface area (Å²) < 4.78 is 39.2. The molecule has 0 aliphatic carbocycles. The van der Waals surface area contributed by atoms with Gasteiger partial charge in [-0.2, -0.15) is 13.2 Å². The zero-order chi connectivity index (χ0) is 22.3. The summed E-state index contributed by atoms with van der Waals surface area (Å²) in [6, 6.07) is 4.11. The molecule has 1 amide bonds. The van der Waals surface area contributed by atoms with Crippen molar-refractivity contribution in [1.29, 1.82) is 0 Å². The molecule has 2 saturated heterocycles. The minimum Gasteiger partial charge on any atom is -0.360 e. The molecule has 170 valence electrons. The van der Waals surface area contributed by atoms with Crippen LogP contribution in [0.2, 0.25) is 0 Å². The van der Waals surface area contributed by atoms with Crippen LogP contribution in [0.4, 0.5) is 13.2 Å². The van der Waals surface area contributed by atoms with Crippen LogP contribution in [0.5, 0.6) is 0 Å². The minimum absolute atomic E-state index is 0.114. The van der Waals surface area contributed by atoms with Crippen molar-refractivity contribution in [3.8, 4) is 0 Å². The third-order valence-electron chi connectivity index (χ3n) is 6.95. The molecule has 1 N–H and O–H groups in total. The predicted molar refractivity (Wildman–Crippen MR) is 115 cm³/mol. The first-order chi connectivity index (χ1) is 15.4. The van der Waals surface area contributed by atoms with Crippen LogP contribution in [0, 0.1) is 5.92 Å². The fourth-order valence-corrected chi connectivity index (χ4v) is 5.19. The summed E-state index contributed by atoms with van der Waals surface area (Å²) in [5, 5.41) is 2.19. The van der Waals surface area contributed by atoms with Gasteiger partial charge in [0, 0.05) is 36.3 Å². The number of hydrogen-bond donors (Lipinski definition) is 1. The van der Waals surface area contributed by atoms with E-state index >= 15 is 0 Å². The van der Waals surface area contributed by atoms with E-state index in [1.165, 1.54) is 10.5 Å². The van der Waals surface area contributed by atoms with Gasteiger partial charge < -0.3 is 9.88 Å². The van der Waals surface area contributed by atoms with Crippen LogP contribution in [0.15, 0.2) is 30.7 Å². The van der Waals surface area contributed by atoms with E-state index in [-0.39, 0.29) is 25.4 Å². The molecule has 2 fully saturated rings. The first-order valence-corrected chi connectivity index (χ1v) is 11.2. The number of rotatable bonds is 3. The summed E-state index contributed by atoms with van der Waals surface area (Å²) >= 11 is 0. The molecular formula is C23H26F3N5O. The van der Waals surface area contributed by atoms with Crippen molar-refractivity contribution in [2.75, 3.05) is 32.7 Å². The lowest BCUT2D eigenvalue weighted by Crippen LogP contribution is -2.49. The van der Waals surface area contributed by atoms with Gasteiger partial charge in [0.2, 0.25) is 5.91 Å². The highest BCUT2D eigenvalue weighted by atomic mass is 19.4. The predicted octanol–water partition coefficient (Wildman–Crippen LogP) is 4.09. The molecule has 32 heavy (non-hydrogen) atoms. The van der Waals surface area contributed by atoms with Crippen LogP contribution in [0.3, 0.4) is 0 Å². The van der Waals surface area contributed by atoms with E-state index in [1.54, 1.807) is 6.20 Å². The van der Waals surface area contributed by atoms with E-state index in [1.807, 2.05) is 18.5 Å². The second-order valence-corrected chi connectivity index (χ2v) is 8.93. The number of halogens is 3. The number of likely N-dealkylation sites (tertiary alicyclic amines) is 2. The molecule has 9 heteroatoms. The van der Waals surface area contributed by atoms with Gasteiger partial charge in [-0.15, -0.1) is 0 Å². The van der Waals surface area contributed by atoms with Crippen LogP contribution < -0.4 is 0 Å². The quantitative estimate of drug-likeness (QED) is 0.660. The normalized spacial score (nSPS) is 21.5. The first kappa shape index (κ1) is 21.2. The number of aromatic amines is 1. The number of aromatic nitrogens is 3. The van der Waals surface area contributed by atoms with Crippen LogP contribution >= 0.6 is 0 Å². The van der Waals surface area contributed by atoms with E-state index in [0.29, 0.717) is 18.9 Å². The number of hydrogen-bond acceptors (Lipinski definition) is 4. The Balaban J connectivity index is 1.24. The highest BCUT2D eigenvalue weighted by Crippen LogP contribution is 2.36. The van der Waals surface area contributed by atoms with Crippen LogP contribution in [0.25, 0.3) is 21.9 Å². The fraction of sp³-hybridized carbons (Fsp3) is 0.522. The summed E-state index contributed by atoms with van der Waals surface area (Å²) in [5.41, 5.74) is 2.97. The zero-order valence-electron chi connectivity index (χ0n) is 17.7. The maximum absolute atomic E-state index is 13.1. The van der Waals surface area contributed by atoms with Crippen LogP contribution in [-0.2, 0) is 4.79 Å². The summed E-state index contributed by atoms with van der Waals surface area (Å²) in [7, 11) is 0. The van der Waals surface area contributed by atoms with Crippen molar-refractivity contribution >= 4 is 27.8 Å². The van der Waals surface area contributed by atoms with Gasteiger partial charge in [0.25, 0.3) is 0 Å². The Morgan fingerprint density at radius 3 is 2.72 bits per heavy atom. The number of pyridine rings is 2. The van der Waals surface area contributed by atoms with E-state index in [9.17, 15) is 18.0 Å². The first-order valence-electron chi connectivity index (χ1n) is 11.2. The number of carbonyl (C=O) groups is 1. The number of amides is 1. The maximum Gasteiger partial charge on any atom is 0.393 e. The number of alkyl halides is 3. The molecule has 5 heterocycles. The smallest absolute Gasteiger partial charge is 0.360 e. The van der Waals surface area contributed by atoms with Crippen molar-refractivity contribution in [1.82, 2.24) is 24.8 Å². The molecule has 3 aromatic rings. The Morgan fingerprint density at radius 2 is 1.94 bits per heavy atom. The van der Waals surface area contributed by atoms with Crippen molar-refractivity contribution in [3.63, 3.8) is 0 Å². The molecule has 3 aromatic heterocycles. The van der Waals surface area contributed by atoms with Gasteiger partial charge in [-0.05, 0) is 62.4 Å². The van der Waals surface area contributed by atoms with Crippen molar-refractivity contribution in [2.45, 2.75) is 37.8 Å². The van der Waals surface area contributed by atoms with Crippen molar-refractivity contribution in [3.05, 3.63) is 36.3 Å². The molecule has 1 unspecified atom stereocenters. The molecule has 0 saturated carbocycles. The molecule has 6 nitrogen and oxygen atoms in total. The number of carbonyl (C=O) groups excluding carboxylic acids is 1. The molecular weight excluding hydrogens is 419 g/mol. The average Bonchev–Trinajstić information content (AvgIpc) is 3.28. The Morgan fingerprint density at radius 1 is 1.12 bits per heavy atom. The lowest BCUT2D eigenvalue weighted by Gasteiger charge is -2.37. The number of H-pyrrole nitrogens is 1. The number of nitrogens with one attached hydrogen (secondary N) is 1. The molecule has 0 spiro atoms. The number of piperidine rings is 2. The van der Waals surface area contributed by atoms with E-state index in [2.05, 4.69) is 25.9 Å². The largest absolute Gasteiger partial charge is 0.393 e. The molecule has 2 aliphatic rings. The summed E-state index contributed by atoms with van der Waals surface area (Å²) in [6.45, 7) is 1.91. The van der Waals surface area contributed by atoms with E-state index < -0.39 is 12.1 Å². The van der Waals surface area contributed by atoms with Crippen LogP contribution in [0.1, 0.15) is 37.2 Å². The van der Waals surface area contributed by atoms with Gasteiger partial charge in [-0.25, -0.2) is 9.97 Å². The van der Waals surface area contributed by atoms with Crippen molar-refractivity contribution in [2.24, 2.45) is 5.92 Å². The zero-order valence-corrected chi connectivity index (χ0v) is 17.7. The number of fused-ring (bicyclic) bond motifs is 3. The second-order valence-electron chi connectivity index (χ2n) is 8.93. The SMILES string of the molecule is O=C(CN1CCC(c2cc[nH]c3cnc4nccc4c23)CC1)N1CCCC(C(F)(F)F)C1. The maximum atomic E-state index is 13.1. The monoisotopic (exact) mass is 445 g/mol. The Hall–Kier alpha value is -2.68. The summed E-state index contributed by atoms with van der Waals surface area (Å²) in [4.78, 5) is 28.1. The van der Waals surface area contributed by atoms with Crippen LogP contribution in [-0.4, -0.2) is 69.6 Å². The second kappa shape index (κ2) is 8.35. The Labute approximate surface area is 183 Å². The highest BCUT2D eigenvalue weighted by Gasteiger charge is 2.42. The van der Waals surface area contributed by atoms with Gasteiger partial charge in [-0.3, -0.25) is 9.69 Å². The lowest BCUT2D eigenvalue weighted by atomic mass is 9.87. The van der Waals surface area contributed by atoms with Gasteiger partial charge in [-0.1, -0.05) is 0 Å². The third kappa shape index (κ3) is 4.05. The molecule has 2 aliphatic heterocycles. The molecule has 0 radical (unpaired) electrons. The molecule has 0 aromatic carbocycles. The van der Waals surface area contributed by atoms with E-state index in [0.717, 1.165) is 47.9 Å². The minimum atomic E-state index is -4.23. The third-order valence-corrected chi connectivity index (χ3v) is 6.95. The lowest BCUT2D eigenvalue weighted by molar-refractivity contribution is -0.188. The Kier molecular flexibility index (Phi) is 5.53. The Bertz CT molecular complexity index is 1120. The van der Waals surface area contributed by atoms with Crippen molar-refractivity contribution < 1.29 is 18.0 Å². The summed E-state index contributed by atoms with van der Waals surface area (Å²) in [6.07, 6.45) is 3.61. The van der Waals surface area contributed by atoms with Gasteiger partial charge in [0.05, 0.1) is 24.2 Å². The topological polar surface area (TPSA) is 65.1 Å². The molecule has 5 rings (SSSR count). The molecule has 0 bridgehead atoms. The molecule has 1 atom stereocenters. The van der Waals surface area contributed by atoms with Gasteiger partial charge in [0.15, 0.2) is 5.65 Å². The highest BCUT2D eigenvalue weighted by molar-refractivity contribution is 6.05. The summed E-state index contributed by atoms with van der Waals surface area (Å²) in [5.74, 6) is -1.23. The van der Waals surface area contributed by atoms with E-state index in [4.69, 9.17) is 0 Å².